The fourth-order valence-electron chi connectivity index (χ4n) is 3.67. The maximum Gasteiger partial charge on any atom is 0.189 e. The van der Waals surface area contributed by atoms with Gasteiger partial charge in [-0.05, 0) is 19.9 Å². The van der Waals surface area contributed by atoms with Gasteiger partial charge in [-0.2, -0.15) is 5.26 Å². The van der Waals surface area contributed by atoms with Gasteiger partial charge in [0.05, 0.1) is 23.3 Å². The Bertz CT molecular complexity index is 958. The highest BCUT2D eigenvalue weighted by Gasteiger charge is 2.29. The van der Waals surface area contributed by atoms with Crippen LogP contribution in [0.1, 0.15) is 43.6 Å². The summed E-state index contributed by atoms with van der Waals surface area (Å²) in [5, 5.41) is 17.7. The molecule has 2 aromatic rings. The van der Waals surface area contributed by atoms with Gasteiger partial charge in [-0.25, -0.2) is 0 Å². The Labute approximate surface area is 173 Å². The number of ether oxygens (including phenoxy) is 1. The average Bonchev–Trinajstić information content (AvgIpc) is 3.06. The van der Waals surface area contributed by atoms with Gasteiger partial charge in [-0.1, -0.05) is 23.8 Å². The number of benzene rings is 1. The molecular formula is C20H24N4O4S. The Hall–Kier alpha value is -2.57. The number of hydrogen-bond donors (Lipinski definition) is 1. The van der Waals surface area contributed by atoms with Crippen molar-refractivity contribution in [3.8, 4) is 6.07 Å². The second kappa shape index (κ2) is 8.84. The molecule has 0 amide bonds. The van der Waals surface area contributed by atoms with Crippen molar-refractivity contribution in [1.29, 1.82) is 5.26 Å². The SMILES string of the molecule is CC(=O)S[C@@H](C)CNc1noc2c(C#N)c(N3C[C@@H](C)O[C@H](C)C3)c(C=O)cc12. The standard InChI is InChI=1S/C20H24N4O4S/c1-11-8-24(9-12(2)27-11)18-15(10-25)5-16-19(17(18)6-21)28-23-20(16)22-7-13(3)29-14(4)26/h5,10-13H,7-9H2,1-4H3,(H,22,23)/t11-,12-,13+/m1/s1. The third-order valence-electron chi connectivity index (χ3n) is 4.66. The number of nitrogens with zero attached hydrogens (tertiary/aromatic N) is 3. The third kappa shape index (κ3) is 4.54. The van der Waals surface area contributed by atoms with Crippen LogP contribution >= 0.6 is 11.8 Å². The summed E-state index contributed by atoms with van der Waals surface area (Å²) in [4.78, 5) is 25.1. The van der Waals surface area contributed by atoms with Crippen LogP contribution in [-0.2, 0) is 9.53 Å². The first kappa shape index (κ1) is 21.1. The van der Waals surface area contributed by atoms with Crippen LogP contribution in [0.15, 0.2) is 10.6 Å². The summed E-state index contributed by atoms with van der Waals surface area (Å²) in [6, 6.07) is 3.89. The maximum atomic E-state index is 11.9. The fourth-order valence-corrected chi connectivity index (χ4v) is 4.41. The molecule has 8 nitrogen and oxygen atoms in total. The average molecular weight is 417 g/mol. The van der Waals surface area contributed by atoms with Gasteiger partial charge in [0.2, 0.25) is 0 Å². The predicted molar refractivity (Wildman–Crippen MR) is 113 cm³/mol. The second-order valence-electron chi connectivity index (χ2n) is 7.29. The Morgan fingerprint density at radius 1 is 1.48 bits per heavy atom. The van der Waals surface area contributed by atoms with Crippen molar-refractivity contribution in [3.63, 3.8) is 0 Å². The minimum absolute atomic E-state index is 0.0206. The van der Waals surface area contributed by atoms with E-state index in [9.17, 15) is 14.9 Å². The quantitative estimate of drug-likeness (QED) is 0.710. The first-order valence-electron chi connectivity index (χ1n) is 9.47. The number of morpholine rings is 1. The van der Waals surface area contributed by atoms with Crippen molar-refractivity contribution in [2.45, 2.75) is 45.2 Å². The van der Waals surface area contributed by atoms with E-state index < -0.39 is 0 Å². The van der Waals surface area contributed by atoms with Gasteiger partial charge in [0.1, 0.15) is 11.6 Å². The van der Waals surface area contributed by atoms with Gasteiger partial charge >= 0.3 is 0 Å². The molecule has 9 heteroatoms. The molecule has 3 rings (SSSR count). The number of fused-ring (bicyclic) bond motifs is 1. The van der Waals surface area contributed by atoms with Gasteiger partial charge in [0, 0.05) is 37.4 Å². The molecule has 154 valence electrons. The molecule has 0 bridgehead atoms. The van der Waals surface area contributed by atoms with Gasteiger partial charge in [0.25, 0.3) is 0 Å². The number of hydrogen-bond acceptors (Lipinski definition) is 9. The van der Waals surface area contributed by atoms with Gasteiger partial charge in [-0.15, -0.1) is 0 Å². The number of carbonyl (C=O) groups excluding carboxylic acids is 2. The van der Waals surface area contributed by atoms with Crippen LogP contribution in [0.3, 0.4) is 0 Å². The lowest BCUT2D eigenvalue weighted by Gasteiger charge is -2.37. The monoisotopic (exact) mass is 416 g/mol. The molecule has 29 heavy (non-hydrogen) atoms. The van der Waals surface area contributed by atoms with E-state index >= 15 is 0 Å². The first-order chi connectivity index (χ1) is 13.8. The normalized spacial score (nSPS) is 20.3. The number of thioether (sulfide) groups is 1. The van der Waals surface area contributed by atoms with E-state index in [2.05, 4.69) is 16.5 Å². The zero-order valence-corrected chi connectivity index (χ0v) is 17.7. The lowest BCUT2D eigenvalue weighted by Crippen LogP contribution is -2.46. The minimum Gasteiger partial charge on any atom is -0.372 e. The van der Waals surface area contributed by atoms with Crippen LogP contribution < -0.4 is 10.2 Å². The van der Waals surface area contributed by atoms with Crippen LogP contribution in [0.5, 0.6) is 0 Å². The second-order valence-corrected chi connectivity index (χ2v) is 8.91. The van der Waals surface area contributed by atoms with Crippen molar-refractivity contribution < 1.29 is 18.8 Å². The highest BCUT2D eigenvalue weighted by Crippen LogP contribution is 2.36. The molecule has 0 aliphatic carbocycles. The molecule has 3 atom stereocenters. The van der Waals surface area contributed by atoms with Crippen LogP contribution in [0.4, 0.5) is 11.5 Å². The number of aromatic nitrogens is 1. The smallest absolute Gasteiger partial charge is 0.189 e. The van der Waals surface area contributed by atoms with Crippen LogP contribution in [0, 0.1) is 11.3 Å². The summed E-state index contributed by atoms with van der Waals surface area (Å²) < 4.78 is 11.3. The van der Waals surface area contributed by atoms with E-state index in [4.69, 9.17) is 9.26 Å². The van der Waals surface area contributed by atoms with Crippen molar-refractivity contribution in [3.05, 3.63) is 17.2 Å². The molecule has 1 fully saturated rings. The number of rotatable bonds is 6. The molecule has 1 N–H and O–H groups in total. The molecule has 1 aliphatic rings. The molecule has 1 aliphatic heterocycles. The summed E-state index contributed by atoms with van der Waals surface area (Å²) in [7, 11) is 0. The molecule has 1 aromatic carbocycles. The van der Waals surface area contributed by atoms with Crippen molar-refractivity contribution in [1.82, 2.24) is 5.16 Å². The lowest BCUT2D eigenvalue weighted by atomic mass is 10.0. The summed E-state index contributed by atoms with van der Waals surface area (Å²) >= 11 is 1.23. The van der Waals surface area contributed by atoms with Gasteiger partial charge in [-0.3, -0.25) is 9.59 Å². The molecule has 0 unspecified atom stereocenters. The van der Waals surface area contributed by atoms with Crippen LogP contribution in [0.2, 0.25) is 0 Å². The molecular weight excluding hydrogens is 392 g/mol. The Balaban J connectivity index is 1.99. The van der Waals surface area contributed by atoms with E-state index in [0.29, 0.717) is 47.7 Å². The molecule has 0 radical (unpaired) electrons. The van der Waals surface area contributed by atoms with E-state index in [1.165, 1.54) is 18.7 Å². The Kier molecular flexibility index (Phi) is 6.45. The zero-order valence-electron chi connectivity index (χ0n) is 16.9. The number of carbonyl (C=O) groups is 2. The van der Waals surface area contributed by atoms with E-state index in [1.807, 2.05) is 25.7 Å². The maximum absolute atomic E-state index is 11.9. The number of nitriles is 1. The fraction of sp³-hybridized carbons (Fsp3) is 0.500. The van der Waals surface area contributed by atoms with E-state index in [-0.39, 0.29) is 28.1 Å². The molecule has 1 aromatic heterocycles. The molecule has 0 spiro atoms. The van der Waals surface area contributed by atoms with Crippen molar-refractivity contribution >= 4 is 45.6 Å². The Morgan fingerprint density at radius 2 is 2.17 bits per heavy atom. The predicted octanol–water partition coefficient (Wildman–Crippen LogP) is 3.21. The lowest BCUT2D eigenvalue weighted by molar-refractivity contribution is -0.109. The number of anilines is 2. The molecule has 0 saturated carbocycles. The van der Waals surface area contributed by atoms with Gasteiger partial charge < -0.3 is 19.5 Å². The summed E-state index contributed by atoms with van der Waals surface area (Å²) in [6.45, 7) is 9.02. The van der Waals surface area contributed by atoms with Crippen LogP contribution in [-0.4, -0.2) is 53.7 Å². The Morgan fingerprint density at radius 3 is 2.76 bits per heavy atom. The van der Waals surface area contributed by atoms with E-state index in [0.717, 1.165) is 6.29 Å². The van der Waals surface area contributed by atoms with Gasteiger partial charge in [0.15, 0.2) is 22.8 Å². The highest BCUT2D eigenvalue weighted by molar-refractivity contribution is 8.14. The van der Waals surface area contributed by atoms with Crippen molar-refractivity contribution in [2.75, 3.05) is 29.9 Å². The summed E-state index contributed by atoms with van der Waals surface area (Å²) in [6.07, 6.45) is 0.714. The number of nitrogens with one attached hydrogen (secondary N) is 1. The topological polar surface area (TPSA) is 108 Å². The third-order valence-corrected chi connectivity index (χ3v) is 5.56. The van der Waals surface area contributed by atoms with Crippen LogP contribution in [0.25, 0.3) is 11.0 Å². The first-order valence-corrected chi connectivity index (χ1v) is 10.3. The highest BCUT2D eigenvalue weighted by atomic mass is 32.2. The number of aldehydes is 1. The zero-order chi connectivity index (χ0) is 21.1. The largest absolute Gasteiger partial charge is 0.372 e. The minimum atomic E-state index is -0.0206. The molecule has 2 heterocycles. The van der Waals surface area contributed by atoms with E-state index in [1.54, 1.807) is 6.07 Å². The van der Waals surface area contributed by atoms with Crippen molar-refractivity contribution in [2.24, 2.45) is 0 Å². The molecule has 1 saturated heterocycles. The summed E-state index contributed by atoms with van der Waals surface area (Å²) in [5.41, 5.74) is 1.60. The summed E-state index contributed by atoms with van der Waals surface area (Å²) in [5.74, 6) is 0.450.